The third-order valence-electron chi connectivity index (χ3n) is 37.5. The van der Waals surface area contributed by atoms with Gasteiger partial charge in [0.1, 0.15) is 23.3 Å². The van der Waals surface area contributed by atoms with Crippen molar-refractivity contribution in [1.29, 1.82) is 0 Å². The first-order valence-electron chi connectivity index (χ1n) is 56.7. The van der Waals surface area contributed by atoms with Crippen LogP contribution >= 0.6 is 46.4 Å². The van der Waals surface area contributed by atoms with Gasteiger partial charge in [0.2, 0.25) is 0 Å². The van der Waals surface area contributed by atoms with Crippen LogP contribution in [0.2, 0.25) is 20.1 Å². The number of aryl methyl sites for hydroxylation is 9. The summed E-state index contributed by atoms with van der Waals surface area (Å²) in [6.07, 6.45) is 64.2. The second-order valence-corrected chi connectivity index (χ2v) is 49.6. The first-order valence-corrected chi connectivity index (χ1v) is 58.3. The molecule has 0 heterocycles. The zero-order valence-electron chi connectivity index (χ0n) is 89.2. The summed E-state index contributed by atoms with van der Waals surface area (Å²) in [5.74, 6) is 12.3. The molecule has 7 aromatic carbocycles. The Morgan fingerprint density at radius 2 is 0.437 bits per heavy atom. The minimum absolute atomic E-state index is 0. The number of halogens is 14. The Kier molecular flexibility index (Phi) is 46.0. The van der Waals surface area contributed by atoms with Gasteiger partial charge in [0.15, 0.2) is 34.9 Å². The molecule has 0 aromatic heterocycles. The van der Waals surface area contributed by atoms with Crippen molar-refractivity contribution in [1.82, 2.24) is 0 Å². The van der Waals surface area contributed by atoms with Crippen molar-refractivity contribution < 1.29 is 59.6 Å². The minimum Gasteiger partial charge on any atom is -0.205 e. The average molecular weight is 2070 g/mol. The summed E-state index contributed by atoms with van der Waals surface area (Å²) in [6, 6.07) is 25.8. The molecule has 14 heteroatoms. The molecule has 0 radical (unpaired) electrons. The van der Waals surface area contributed by atoms with E-state index in [9.17, 15) is 43.9 Å². The second kappa shape index (κ2) is 56.6. The van der Waals surface area contributed by atoms with Crippen LogP contribution < -0.4 is 0 Å². The number of allylic oxidation sites excluding steroid dienone is 1. The molecule has 7 aromatic rings. The Labute approximate surface area is 889 Å². The molecule has 0 saturated heterocycles. The zero-order chi connectivity index (χ0) is 102. The fourth-order valence-corrected chi connectivity index (χ4v) is 27.8. The SMILES string of the molecule is Cc1ccc(C2CCC(C3CCC(C)CC3)CC2)c(Cl)c1F.Cc1ccc(C2CCC(C3CCC(C)CC3)CC2)c(Cl)c1F.Cc1ccc(C2CCC(C3CCC(C)CC3)CC2)c(F)c1Cl.Cc1ccc(C2CCC(C3CCC(C)CC3)CC2)c(F)c1Cl.Cc1ccc(C=CC2CCC(C)CC2)c(F)c1F.Cc1ccc(CCC2CCC(C)CC2)c(F)c1F.Cc1ccc(CCC2CCC(C)CC2)c(F)c1F.[HH].[HH].[HH].[HH].[HH].[HH].[HH].[HH].[HH].[HH].[HH]. The van der Waals surface area contributed by atoms with Crippen molar-refractivity contribution in [3.05, 3.63) is 247 Å². The van der Waals surface area contributed by atoms with E-state index in [0.717, 1.165) is 174 Å². The monoisotopic (exact) mass is 2070 g/mol. The zero-order valence-corrected chi connectivity index (χ0v) is 92.2. The van der Waals surface area contributed by atoms with E-state index in [0.29, 0.717) is 119 Å². The van der Waals surface area contributed by atoms with Gasteiger partial charge in [-0.15, -0.1) is 0 Å². The molecule has 0 N–H and O–H groups in total. The summed E-state index contributed by atoms with van der Waals surface area (Å²) >= 11 is 24.7. The molecule has 18 rings (SSSR count). The predicted molar refractivity (Wildman–Crippen MR) is 603 cm³/mol. The lowest BCUT2D eigenvalue weighted by Gasteiger charge is -2.37. The first kappa shape index (κ1) is 115. The third kappa shape index (κ3) is 32.9. The van der Waals surface area contributed by atoms with Gasteiger partial charge in [-0.2, -0.15) is 0 Å². The summed E-state index contributed by atoms with van der Waals surface area (Å²) in [6.45, 7) is 28.5. The van der Waals surface area contributed by atoms with E-state index in [2.05, 4.69) is 48.5 Å². The molecule has 11 fully saturated rings. The Morgan fingerprint density at radius 1 is 0.218 bits per heavy atom. The molecule has 0 unspecified atom stereocenters. The van der Waals surface area contributed by atoms with E-state index < -0.39 is 34.9 Å². The van der Waals surface area contributed by atoms with E-state index in [4.69, 9.17) is 46.4 Å². The summed E-state index contributed by atoms with van der Waals surface area (Å²) < 4.78 is 138. The lowest BCUT2D eigenvalue weighted by molar-refractivity contribution is 0.164. The molecular weight excluding hydrogens is 1870 g/mol. The van der Waals surface area contributed by atoms with Gasteiger partial charge < -0.3 is 0 Å². The quantitative estimate of drug-likeness (QED) is 0.0846. The minimum atomic E-state index is -0.727. The number of benzene rings is 7. The summed E-state index contributed by atoms with van der Waals surface area (Å²) in [4.78, 5) is 0. The molecule has 11 aliphatic rings. The molecule has 11 saturated carbocycles. The van der Waals surface area contributed by atoms with E-state index in [1.165, 1.54) is 244 Å². The van der Waals surface area contributed by atoms with Crippen LogP contribution in [0.3, 0.4) is 0 Å². The Bertz CT molecular complexity index is 4640. The van der Waals surface area contributed by atoms with Crippen LogP contribution in [0, 0.1) is 213 Å². The molecule has 142 heavy (non-hydrogen) atoms. The summed E-state index contributed by atoms with van der Waals surface area (Å²) in [5.41, 5.74) is 9.35. The highest BCUT2D eigenvalue weighted by Crippen LogP contribution is 2.52. The maximum atomic E-state index is 14.4. The first-order chi connectivity index (χ1) is 68.0. The molecule has 808 valence electrons. The molecule has 11 aliphatic carbocycles. The van der Waals surface area contributed by atoms with Crippen molar-refractivity contribution >= 4 is 52.5 Å². The molecule has 0 amide bonds. The molecule has 0 aliphatic heterocycles. The van der Waals surface area contributed by atoms with Gasteiger partial charge in [0.05, 0.1) is 20.1 Å². The van der Waals surface area contributed by atoms with Gasteiger partial charge in [-0.05, 0) is 444 Å². The predicted octanol–water partition coefficient (Wildman–Crippen LogP) is 45.4. The van der Waals surface area contributed by atoms with Crippen LogP contribution in [0.4, 0.5) is 43.9 Å². The highest BCUT2D eigenvalue weighted by Gasteiger charge is 2.38. The van der Waals surface area contributed by atoms with Crippen LogP contribution in [0.15, 0.2) is 91.0 Å². The lowest BCUT2D eigenvalue weighted by atomic mass is 9.68. The topological polar surface area (TPSA) is 0 Å². The molecule has 0 nitrogen and oxygen atoms in total. The van der Waals surface area contributed by atoms with Gasteiger partial charge in [0.25, 0.3) is 0 Å². The fourth-order valence-electron chi connectivity index (χ4n) is 26.8. The largest absolute Gasteiger partial charge is 0.205 e. The Hall–Kier alpha value is -5.26. The van der Waals surface area contributed by atoms with Gasteiger partial charge in [-0.1, -0.05) is 308 Å². The van der Waals surface area contributed by atoms with Crippen molar-refractivity contribution in [3.63, 3.8) is 0 Å². The molecule has 0 bridgehead atoms. The van der Waals surface area contributed by atoms with Crippen molar-refractivity contribution in [2.75, 3.05) is 0 Å². The van der Waals surface area contributed by atoms with E-state index in [1.807, 2.05) is 68.5 Å². The van der Waals surface area contributed by atoms with Crippen LogP contribution in [0.25, 0.3) is 6.08 Å². The van der Waals surface area contributed by atoms with Crippen LogP contribution in [-0.2, 0) is 12.8 Å². The van der Waals surface area contributed by atoms with Crippen LogP contribution in [0.1, 0.15) is 461 Å². The van der Waals surface area contributed by atoms with Gasteiger partial charge in [-0.25, -0.2) is 43.9 Å². The highest BCUT2D eigenvalue weighted by atomic mass is 35.5. The Morgan fingerprint density at radius 3 is 0.725 bits per heavy atom. The third-order valence-corrected chi connectivity index (χ3v) is 39.2. The highest BCUT2D eigenvalue weighted by molar-refractivity contribution is 6.32. The van der Waals surface area contributed by atoms with Gasteiger partial charge in [-0.3, -0.25) is 0 Å². The van der Waals surface area contributed by atoms with Crippen molar-refractivity contribution in [2.24, 2.45) is 107 Å². The molecular formula is C128H198Cl4F10. The number of rotatable bonds is 16. The number of hydrogen-bond donors (Lipinski definition) is 0. The van der Waals surface area contributed by atoms with Crippen LogP contribution in [0.5, 0.6) is 0 Å². The van der Waals surface area contributed by atoms with Gasteiger partial charge >= 0.3 is 0 Å². The second-order valence-electron chi connectivity index (χ2n) is 48.1. The molecule has 0 atom stereocenters. The van der Waals surface area contributed by atoms with Crippen molar-refractivity contribution in [2.45, 2.75) is 429 Å². The normalized spacial score (nSPS) is 29.7. The van der Waals surface area contributed by atoms with Gasteiger partial charge in [0, 0.05) is 21.3 Å². The average Bonchev–Trinajstić information content (AvgIpc) is 0.807. The van der Waals surface area contributed by atoms with E-state index in [1.54, 1.807) is 77.1 Å². The van der Waals surface area contributed by atoms with Crippen molar-refractivity contribution in [3.8, 4) is 0 Å². The van der Waals surface area contributed by atoms with E-state index in [-0.39, 0.29) is 39.0 Å². The Balaban J connectivity index is 0.000000884. The van der Waals surface area contributed by atoms with Crippen LogP contribution in [-0.4, -0.2) is 0 Å². The standard InChI is InChI=1S/4C20H28ClF.2C16H22F2.C16H20F2.11H2/c2*1-13-3-6-15(7-4-13)16-8-10-17(11-9-16)18-12-5-14(2)20(22)19(18)21;2*1-13-3-6-15(7-4-13)16-8-10-17(11-9-16)18-12-5-14(2)19(21)20(18)22;3*1-11-3-6-13(7-4-11)8-10-14-9-5-12(2)15(17)16(14)18;;;;;;;;;;;/h4*5,12-13,15-17H,3-4,6-11H2,1-2H3;2*5,9,11,13H,3-4,6-8,10H2,1-2H3;5,8-11,13H,3-4,6-7H2,1-2H3;11*1H. The number of hydrogen-bond acceptors (Lipinski definition) is 0. The smallest absolute Gasteiger partial charge is 0.166 e. The van der Waals surface area contributed by atoms with E-state index >= 15 is 0 Å². The fraction of sp³-hybridized carbons (Fsp3) is 0.656. The summed E-state index contributed by atoms with van der Waals surface area (Å²) in [5, 5.41) is 1.38. The molecule has 0 spiro atoms. The maximum absolute atomic E-state index is 14.4. The lowest BCUT2D eigenvalue weighted by Crippen LogP contribution is -2.25. The summed E-state index contributed by atoms with van der Waals surface area (Å²) in [7, 11) is 0. The maximum Gasteiger partial charge on any atom is 0.166 e.